The molecule has 0 aromatic carbocycles. The molecule has 0 aromatic heterocycles. The summed E-state index contributed by atoms with van der Waals surface area (Å²) in [6.45, 7) is 2.29. The average molecular weight is 201 g/mol. The molecule has 2 nitrogen and oxygen atoms in total. The fourth-order valence-corrected chi connectivity index (χ4v) is 2.15. The summed E-state index contributed by atoms with van der Waals surface area (Å²) in [5, 5.41) is 3.08. The molecule has 1 rings (SSSR count). The summed E-state index contributed by atoms with van der Waals surface area (Å²) >= 11 is 1.59. The van der Waals surface area contributed by atoms with Gasteiger partial charge in [0.25, 0.3) is 0 Å². The highest BCUT2D eigenvalue weighted by atomic mass is 32.2. The third kappa shape index (κ3) is 4.03. The van der Waals surface area contributed by atoms with Crippen LogP contribution in [0.15, 0.2) is 0 Å². The van der Waals surface area contributed by atoms with Gasteiger partial charge in [-0.3, -0.25) is 4.79 Å². The molecule has 0 heterocycles. The first-order valence-corrected chi connectivity index (χ1v) is 6.40. The summed E-state index contributed by atoms with van der Waals surface area (Å²) in [6.07, 6.45) is 6.83. The number of rotatable bonds is 3. The van der Waals surface area contributed by atoms with Crippen LogP contribution in [0.1, 0.15) is 32.6 Å². The maximum atomic E-state index is 11.3. The van der Waals surface area contributed by atoms with Gasteiger partial charge in [0.15, 0.2) is 0 Å². The van der Waals surface area contributed by atoms with Crippen molar-refractivity contribution in [3.63, 3.8) is 0 Å². The Labute approximate surface area is 84.9 Å². The number of amides is 1. The molecule has 0 atom stereocenters. The van der Waals surface area contributed by atoms with Gasteiger partial charge in [-0.05, 0) is 37.9 Å². The van der Waals surface area contributed by atoms with Gasteiger partial charge in [-0.2, -0.15) is 11.8 Å². The molecule has 1 amide bonds. The number of carbonyl (C=O) groups is 1. The Bertz CT molecular complexity index is 164. The molecular weight excluding hydrogens is 182 g/mol. The Balaban J connectivity index is 2.18. The molecule has 3 heteroatoms. The highest BCUT2D eigenvalue weighted by Crippen LogP contribution is 2.23. The summed E-state index contributed by atoms with van der Waals surface area (Å²) in [5.74, 6) is 1.66. The van der Waals surface area contributed by atoms with Gasteiger partial charge in [-0.25, -0.2) is 0 Å². The molecule has 1 aliphatic rings. The molecule has 0 bridgehead atoms. The van der Waals surface area contributed by atoms with Crippen molar-refractivity contribution < 1.29 is 4.79 Å². The quantitative estimate of drug-likeness (QED) is 0.757. The highest BCUT2D eigenvalue weighted by Gasteiger charge is 2.19. The standard InChI is InChI=1S/C10H19NOS/c1-8-3-5-9(6-4-8)11-10(12)7-13-2/h8-9H,3-7H2,1-2H3,(H,11,12). The molecule has 1 N–H and O–H groups in total. The van der Waals surface area contributed by atoms with E-state index in [0.29, 0.717) is 11.8 Å². The van der Waals surface area contributed by atoms with Gasteiger partial charge >= 0.3 is 0 Å². The topological polar surface area (TPSA) is 29.1 Å². The Morgan fingerprint density at radius 1 is 1.38 bits per heavy atom. The summed E-state index contributed by atoms with van der Waals surface area (Å²) in [5.41, 5.74) is 0. The molecule has 76 valence electrons. The van der Waals surface area contributed by atoms with Crippen LogP contribution >= 0.6 is 11.8 Å². The molecule has 0 saturated heterocycles. The fraction of sp³-hybridized carbons (Fsp3) is 0.900. The minimum atomic E-state index is 0.201. The van der Waals surface area contributed by atoms with E-state index < -0.39 is 0 Å². The zero-order chi connectivity index (χ0) is 9.68. The van der Waals surface area contributed by atoms with Crippen molar-refractivity contribution in [2.24, 2.45) is 5.92 Å². The summed E-state index contributed by atoms with van der Waals surface area (Å²) in [6, 6.07) is 0.454. The van der Waals surface area contributed by atoms with Crippen LogP contribution in [-0.2, 0) is 4.79 Å². The van der Waals surface area contributed by atoms with Gasteiger partial charge in [0.05, 0.1) is 5.75 Å². The van der Waals surface area contributed by atoms with E-state index >= 15 is 0 Å². The molecule has 0 aliphatic heterocycles. The largest absolute Gasteiger partial charge is 0.353 e. The number of hydrogen-bond acceptors (Lipinski definition) is 2. The van der Waals surface area contributed by atoms with Crippen molar-refractivity contribution in [3.8, 4) is 0 Å². The molecular formula is C10H19NOS. The fourth-order valence-electron chi connectivity index (χ4n) is 1.80. The summed E-state index contributed by atoms with van der Waals surface area (Å²) in [7, 11) is 0. The lowest BCUT2D eigenvalue weighted by molar-refractivity contribution is -0.119. The first-order valence-electron chi connectivity index (χ1n) is 5.00. The van der Waals surface area contributed by atoms with Crippen LogP contribution in [0.5, 0.6) is 0 Å². The minimum Gasteiger partial charge on any atom is -0.353 e. The predicted octanol–water partition coefficient (Wildman–Crippen LogP) is 2.04. The Kier molecular flexibility index (Phi) is 4.64. The van der Waals surface area contributed by atoms with Gasteiger partial charge in [0, 0.05) is 6.04 Å². The average Bonchev–Trinajstić information content (AvgIpc) is 2.09. The van der Waals surface area contributed by atoms with Gasteiger partial charge in [-0.1, -0.05) is 6.92 Å². The molecule has 1 fully saturated rings. The van der Waals surface area contributed by atoms with Crippen LogP contribution in [0.25, 0.3) is 0 Å². The van der Waals surface area contributed by atoms with Crippen molar-refractivity contribution in [1.29, 1.82) is 0 Å². The van der Waals surface area contributed by atoms with Crippen molar-refractivity contribution >= 4 is 17.7 Å². The van der Waals surface area contributed by atoms with Crippen molar-refractivity contribution in [2.45, 2.75) is 38.6 Å². The third-order valence-electron chi connectivity index (χ3n) is 2.66. The molecule has 0 spiro atoms. The molecule has 0 unspecified atom stereocenters. The van der Waals surface area contributed by atoms with Crippen LogP contribution < -0.4 is 5.32 Å². The van der Waals surface area contributed by atoms with E-state index in [1.165, 1.54) is 25.7 Å². The Hall–Kier alpha value is -0.180. The van der Waals surface area contributed by atoms with Crippen LogP contribution in [-0.4, -0.2) is 24.0 Å². The second-order valence-electron chi connectivity index (χ2n) is 3.96. The number of nitrogens with one attached hydrogen (secondary N) is 1. The summed E-state index contributed by atoms with van der Waals surface area (Å²) in [4.78, 5) is 11.3. The predicted molar refractivity (Wildman–Crippen MR) is 57.9 cm³/mol. The maximum absolute atomic E-state index is 11.3. The van der Waals surface area contributed by atoms with E-state index in [9.17, 15) is 4.79 Å². The zero-order valence-corrected chi connectivity index (χ0v) is 9.32. The molecule has 0 aromatic rings. The molecule has 1 saturated carbocycles. The van der Waals surface area contributed by atoms with E-state index in [0.717, 1.165) is 5.92 Å². The second-order valence-corrected chi connectivity index (χ2v) is 4.82. The van der Waals surface area contributed by atoms with Crippen molar-refractivity contribution in [1.82, 2.24) is 5.32 Å². The van der Waals surface area contributed by atoms with Crippen molar-refractivity contribution in [3.05, 3.63) is 0 Å². The Morgan fingerprint density at radius 2 is 2.00 bits per heavy atom. The minimum absolute atomic E-state index is 0.201. The van der Waals surface area contributed by atoms with Crippen molar-refractivity contribution in [2.75, 3.05) is 12.0 Å². The zero-order valence-electron chi connectivity index (χ0n) is 8.51. The number of hydrogen-bond donors (Lipinski definition) is 1. The lowest BCUT2D eigenvalue weighted by Crippen LogP contribution is -2.38. The van der Waals surface area contributed by atoms with Gasteiger partial charge < -0.3 is 5.32 Å². The smallest absolute Gasteiger partial charge is 0.230 e. The van der Waals surface area contributed by atoms with E-state index in [-0.39, 0.29) is 5.91 Å². The van der Waals surface area contributed by atoms with Crippen LogP contribution in [0.4, 0.5) is 0 Å². The Morgan fingerprint density at radius 3 is 2.54 bits per heavy atom. The normalized spacial score (nSPS) is 28.5. The van der Waals surface area contributed by atoms with E-state index in [1.54, 1.807) is 11.8 Å². The lowest BCUT2D eigenvalue weighted by Gasteiger charge is -2.26. The van der Waals surface area contributed by atoms with E-state index in [2.05, 4.69) is 12.2 Å². The van der Waals surface area contributed by atoms with Crippen LogP contribution in [0.2, 0.25) is 0 Å². The molecule has 0 radical (unpaired) electrons. The van der Waals surface area contributed by atoms with E-state index in [1.807, 2.05) is 6.26 Å². The first-order chi connectivity index (χ1) is 6.22. The SMILES string of the molecule is CSCC(=O)NC1CCC(C)CC1. The molecule has 1 aliphatic carbocycles. The molecule has 13 heavy (non-hydrogen) atoms. The monoisotopic (exact) mass is 201 g/mol. The lowest BCUT2D eigenvalue weighted by atomic mass is 9.87. The maximum Gasteiger partial charge on any atom is 0.230 e. The van der Waals surface area contributed by atoms with Crippen LogP contribution in [0, 0.1) is 5.92 Å². The summed E-state index contributed by atoms with van der Waals surface area (Å²) < 4.78 is 0. The van der Waals surface area contributed by atoms with Gasteiger partial charge in [0.1, 0.15) is 0 Å². The second kappa shape index (κ2) is 5.53. The van der Waals surface area contributed by atoms with Gasteiger partial charge in [-0.15, -0.1) is 0 Å². The number of carbonyl (C=O) groups excluding carboxylic acids is 1. The highest BCUT2D eigenvalue weighted by molar-refractivity contribution is 7.99. The van der Waals surface area contributed by atoms with E-state index in [4.69, 9.17) is 0 Å². The van der Waals surface area contributed by atoms with Crippen LogP contribution in [0.3, 0.4) is 0 Å². The third-order valence-corrected chi connectivity index (χ3v) is 3.21. The first kappa shape index (κ1) is 10.9. The number of thioether (sulfide) groups is 1. The van der Waals surface area contributed by atoms with Gasteiger partial charge in [0.2, 0.25) is 5.91 Å².